The first kappa shape index (κ1) is 26.4. The minimum Gasteiger partial charge on any atom is -0.479 e. The van der Waals surface area contributed by atoms with Crippen molar-refractivity contribution in [1.82, 2.24) is 4.57 Å². The van der Waals surface area contributed by atoms with Crippen molar-refractivity contribution in [3.63, 3.8) is 0 Å². The number of hydrogen-bond donors (Lipinski definition) is 1. The lowest BCUT2D eigenvalue weighted by Crippen LogP contribution is -2.25. The van der Waals surface area contributed by atoms with Crippen LogP contribution in [0.5, 0.6) is 0 Å². The Kier molecular flexibility index (Phi) is 7.15. The standard InChI is InChI=1S/C33H34N2O4/c1-22-7-13-26(14-8-22)31(36)30-23(2)35(29-20-27(34(3)4)15-16-28(29)30)21-25-11-9-24(10-12-25)6-5-19-39-33(17-18-33)32(37)38/h5-16,20H,17-19,21H2,1-4H3,(H,37,38). The second-order valence-corrected chi connectivity index (χ2v) is 10.6. The monoisotopic (exact) mass is 522 g/mol. The number of hydrogen-bond acceptors (Lipinski definition) is 4. The fourth-order valence-electron chi connectivity index (χ4n) is 4.93. The van der Waals surface area contributed by atoms with Crippen LogP contribution in [-0.4, -0.2) is 47.7 Å². The number of aliphatic carboxylic acids is 1. The zero-order valence-corrected chi connectivity index (χ0v) is 22.9. The number of aromatic nitrogens is 1. The van der Waals surface area contributed by atoms with Crippen LogP contribution in [0.2, 0.25) is 0 Å². The topological polar surface area (TPSA) is 71.8 Å². The maximum absolute atomic E-state index is 13.7. The maximum atomic E-state index is 13.7. The summed E-state index contributed by atoms with van der Waals surface area (Å²) in [5.41, 5.74) is 6.77. The highest BCUT2D eigenvalue weighted by Crippen LogP contribution is 2.39. The van der Waals surface area contributed by atoms with Gasteiger partial charge in [0.2, 0.25) is 0 Å². The van der Waals surface area contributed by atoms with Gasteiger partial charge in [0.25, 0.3) is 0 Å². The van der Waals surface area contributed by atoms with E-state index in [0.29, 0.717) is 24.9 Å². The zero-order valence-electron chi connectivity index (χ0n) is 22.9. The third kappa shape index (κ3) is 5.38. The zero-order chi connectivity index (χ0) is 27.7. The van der Waals surface area contributed by atoms with Crippen LogP contribution >= 0.6 is 0 Å². The molecule has 1 saturated carbocycles. The summed E-state index contributed by atoms with van der Waals surface area (Å²) in [7, 11) is 4.03. The minimum atomic E-state index is -0.974. The van der Waals surface area contributed by atoms with Gasteiger partial charge in [-0.25, -0.2) is 4.79 Å². The highest BCUT2D eigenvalue weighted by molar-refractivity contribution is 6.17. The first-order chi connectivity index (χ1) is 18.7. The number of rotatable bonds is 10. The molecule has 0 unspecified atom stereocenters. The molecule has 0 spiro atoms. The van der Waals surface area contributed by atoms with Crippen LogP contribution in [0.1, 0.15) is 51.1 Å². The van der Waals surface area contributed by atoms with E-state index in [9.17, 15) is 14.7 Å². The Morgan fingerprint density at radius 3 is 2.31 bits per heavy atom. The Balaban J connectivity index is 1.41. The normalized spacial score (nSPS) is 14.2. The number of ether oxygens (including phenoxy) is 1. The average molecular weight is 523 g/mol. The van der Waals surface area contributed by atoms with Gasteiger partial charge >= 0.3 is 5.97 Å². The molecule has 0 bridgehead atoms. The van der Waals surface area contributed by atoms with Crippen molar-refractivity contribution in [3.05, 3.63) is 106 Å². The molecule has 1 aromatic heterocycles. The number of carbonyl (C=O) groups excluding carboxylic acids is 1. The molecule has 0 saturated heterocycles. The van der Waals surface area contributed by atoms with Crippen LogP contribution in [0.4, 0.5) is 5.69 Å². The smallest absolute Gasteiger partial charge is 0.335 e. The van der Waals surface area contributed by atoms with Gasteiger partial charge in [-0.3, -0.25) is 4.79 Å². The molecule has 39 heavy (non-hydrogen) atoms. The summed E-state index contributed by atoms with van der Waals surface area (Å²) in [5.74, 6) is -0.845. The predicted molar refractivity (Wildman–Crippen MR) is 156 cm³/mol. The molecule has 0 aliphatic heterocycles. The Labute approximate surface area is 229 Å². The van der Waals surface area contributed by atoms with Crippen LogP contribution in [0.15, 0.2) is 72.8 Å². The van der Waals surface area contributed by atoms with Gasteiger partial charge in [-0.1, -0.05) is 72.3 Å². The Bertz CT molecular complexity index is 1560. The van der Waals surface area contributed by atoms with E-state index in [1.165, 1.54) is 0 Å². The summed E-state index contributed by atoms with van der Waals surface area (Å²) in [6, 6.07) is 22.3. The molecular formula is C33H34N2O4. The summed E-state index contributed by atoms with van der Waals surface area (Å²) in [6.07, 6.45) is 4.95. The van der Waals surface area contributed by atoms with Crippen LogP contribution < -0.4 is 4.90 Å². The van der Waals surface area contributed by atoms with E-state index >= 15 is 0 Å². The molecule has 1 aliphatic carbocycles. The lowest BCUT2D eigenvalue weighted by molar-refractivity contribution is -0.152. The molecule has 200 valence electrons. The van der Waals surface area contributed by atoms with Gasteiger partial charge in [0.15, 0.2) is 11.4 Å². The van der Waals surface area contributed by atoms with Gasteiger partial charge in [0.1, 0.15) is 0 Å². The number of aryl methyl sites for hydroxylation is 1. The third-order valence-corrected chi connectivity index (χ3v) is 7.55. The molecule has 3 aromatic carbocycles. The van der Waals surface area contributed by atoms with E-state index in [1.54, 1.807) is 0 Å². The Morgan fingerprint density at radius 2 is 1.69 bits per heavy atom. The maximum Gasteiger partial charge on any atom is 0.335 e. The second-order valence-electron chi connectivity index (χ2n) is 10.6. The van der Waals surface area contributed by atoms with E-state index in [2.05, 4.69) is 39.8 Å². The second kappa shape index (κ2) is 10.5. The summed E-state index contributed by atoms with van der Waals surface area (Å²) in [5, 5.41) is 10.2. The quantitative estimate of drug-likeness (QED) is 0.249. The number of fused-ring (bicyclic) bond motifs is 1. The van der Waals surface area contributed by atoms with Gasteiger partial charge in [-0.15, -0.1) is 0 Å². The highest BCUT2D eigenvalue weighted by Gasteiger charge is 2.51. The third-order valence-electron chi connectivity index (χ3n) is 7.55. The van der Waals surface area contributed by atoms with E-state index < -0.39 is 11.6 Å². The first-order valence-electron chi connectivity index (χ1n) is 13.2. The first-order valence-corrected chi connectivity index (χ1v) is 13.2. The van der Waals surface area contributed by atoms with Crippen molar-refractivity contribution >= 4 is 34.4 Å². The van der Waals surface area contributed by atoms with E-state index in [0.717, 1.165) is 44.5 Å². The SMILES string of the molecule is Cc1ccc(C(=O)c2c(C)n(Cc3ccc(C=CCOC4(C(=O)O)CC4)cc3)c3cc(N(C)C)ccc23)cc1. The van der Waals surface area contributed by atoms with Crippen molar-refractivity contribution in [2.75, 3.05) is 25.6 Å². The van der Waals surface area contributed by atoms with Crippen molar-refractivity contribution in [2.45, 2.75) is 38.8 Å². The molecule has 0 amide bonds. The minimum absolute atomic E-state index is 0.0347. The van der Waals surface area contributed by atoms with Crippen LogP contribution in [0, 0.1) is 13.8 Å². The molecule has 4 aromatic rings. The number of benzene rings is 3. The lowest BCUT2D eigenvalue weighted by atomic mass is 9.99. The van der Waals surface area contributed by atoms with Crippen LogP contribution in [-0.2, 0) is 16.1 Å². The number of carboxylic acid groups (broad SMARTS) is 1. The molecular weight excluding hydrogens is 488 g/mol. The van der Waals surface area contributed by atoms with Gasteiger partial charge in [-0.05, 0) is 49.9 Å². The molecule has 6 heteroatoms. The molecule has 1 heterocycles. The summed E-state index contributed by atoms with van der Waals surface area (Å²) in [6.45, 7) is 4.95. The summed E-state index contributed by atoms with van der Waals surface area (Å²) < 4.78 is 7.77. The summed E-state index contributed by atoms with van der Waals surface area (Å²) in [4.78, 5) is 27.0. The number of carboxylic acids is 1. The van der Waals surface area contributed by atoms with E-state index in [4.69, 9.17) is 4.74 Å². The molecule has 1 fully saturated rings. The van der Waals surface area contributed by atoms with Crippen molar-refractivity contribution in [3.8, 4) is 0 Å². The summed E-state index contributed by atoms with van der Waals surface area (Å²) >= 11 is 0. The number of nitrogens with zero attached hydrogens (tertiary/aromatic N) is 2. The molecule has 6 nitrogen and oxygen atoms in total. The van der Waals surface area contributed by atoms with Crippen LogP contribution in [0.25, 0.3) is 17.0 Å². The van der Waals surface area contributed by atoms with Crippen molar-refractivity contribution in [1.29, 1.82) is 0 Å². The Hall–Kier alpha value is -4.16. The van der Waals surface area contributed by atoms with Gasteiger partial charge in [0.05, 0.1) is 17.7 Å². The van der Waals surface area contributed by atoms with E-state index in [-0.39, 0.29) is 12.4 Å². The molecule has 5 rings (SSSR count). The molecule has 0 radical (unpaired) electrons. The fourth-order valence-corrected chi connectivity index (χ4v) is 4.93. The molecule has 1 N–H and O–H groups in total. The number of anilines is 1. The molecule has 0 atom stereocenters. The number of carbonyl (C=O) groups is 2. The predicted octanol–water partition coefficient (Wildman–Crippen LogP) is 6.25. The van der Waals surface area contributed by atoms with Crippen LogP contribution in [0.3, 0.4) is 0 Å². The fraction of sp³-hybridized carbons (Fsp3) is 0.273. The molecule has 1 aliphatic rings. The van der Waals surface area contributed by atoms with Gasteiger partial charge < -0.3 is 19.3 Å². The lowest BCUT2D eigenvalue weighted by Gasteiger charge is -2.14. The van der Waals surface area contributed by atoms with Gasteiger partial charge in [-0.2, -0.15) is 0 Å². The highest BCUT2D eigenvalue weighted by atomic mass is 16.5. The largest absolute Gasteiger partial charge is 0.479 e. The average Bonchev–Trinajstić information content (AvgIpc) is 3.67. The van der Waals surface area contributed by atoms with Crippen molar-refractivity contribution < 1.29 is 19.4 Å². The van der Waals surface area contributed by atoms with Crippen molar-refractivity contribution in [2.24, 2.45) is 0 Å². The van der Waals surface area contributed by atoms with E-state index in [1.807, 2.05) is 76.5 Å². The number of ketones is 1. The van der Waals surface area contributed by atoms with Gasteiger partial charge in [0, 0.05) is 43.0 Å². The Morgan fingerprint density at radius 1 is 1.00 bits per heavy atom.